The minimum absolute atomic E-state index is 0. The highest BCUT2D eigenvalue weighted by molar-refractivity contribution is 5.99. The van der Waals surface area contributed by atoms with E-state index in [1.54, 1.807) is 24.3 Å². The van der Waals surface area contributed by atoms with E-state index in [9.17, 15) is 13.6 Å². The molecule has 0 bridgehead atoms. The SMILES string of the molecule is C=CC(=O)Nc1cccc(Oc2ncnc3[nH]c(-c4ccc(CN5CCC(F)(F)CC5)cc4)cc23)c1.Cl. The van der Waals surface area contributed by atoms with E-state index in [4.69, 9.17) is 4.74 Å². The monoisotopic (exact) mass is 525 g/mol. The lowest BCUT2D eigenvalue weighted by Gasteiger charge is -2.31. The van der Waals surface area contributed by atoms with Crippen molar-refractivity contribution in [2.45, 2.75) is 25.3 Å². The number of alkyl halides is 2. The normalized spacial score (nSPS) is 15.1. The van der Waals surface area contributed by atoms with Gasteiger partial charge in [0.25, 0.3) is 5.92 Å². The summed E-state index contributed by atoms with van der Waals surface area (Å²) in [5, 5.41) is 3.42. The van der Waals surface area contributed by atoms with Gasteiger partial charge < -0.3 is 15.0 Å². The molecule has 0 spiro atoms. The van der Waals surface area contributed by atoms with Crippen LogP contribution in [0.25, 0.3) is 22.3 Å². The molecule has 192 valence electrons. The van der Waals surface area contributed by atoms with E-state index in [0.29, 0.717) is 48.0 Å². The van der Waals surface area contributed by atoms with Gasteiger partial charge in [0.05, 0.1) is 5.39 Å². The molecule has 4 aromatic rings. The number of nitrogens with one attached hydrogen (secondary N) is 2. The number of H-pyrrole nitrogens is 1. The minimum atomic E-state index is -2.54. The molecule has 1 amide bonds. The van der Waals surface area contributed by atoms with Gasteiger partial charge in [-0.3, -0.25) is 9.69 Å². The van der Waals surface area contributed by atoms with E-state index in [1.807, 2.05) is 30.3 Å². The number of halogens is 3. The Kier molecular flexibility index (Phi) is 7.85. The summed E-state index contributed by atoms with van der Waals surface area (Å²) in [6.45, 7) is 4.91. The zero-order valence-corrected chi connectivity index (χ0v) is 20.7. The Morgan fingerprint density at radius 3 is 2.62 bits per heavy atom. The van der Waals surface area contributed by atoms with Crippen molar-refractivity contribution in [3.63, 3.8) is 0 Å². The maximum Gasteiger partial charge on any atom is 0.250 e. The second kappa shape index (κ2) is 11.1. The maximum absolute atomic E-state index is 13.4. The first-order valence-electron chi connectivity index (χ1n) is 11.6. The van der Waals surface area contributed by atoms with Crippen LogP contribution in [0.4, 0.5) is 14.5 Å². The summed E-state index contributed by atoms with van der Waals surface area (Å²) in [5.74, 6) is -1.95. The Morgan fingerprint density at radius 1 is 1.14 bits per heavy atom. The fourth-order valence-electron chi connectivity index (χ4n) is 4.18. The fourth-order valence-corrected chi connectivity index (χ4v) is 4.18. The van der Waals surface area contributed by atoms with Crippen molar-refractivity contribution < 1.29 is 18.3 Å². The first-order valence-corrected chi connectivity index (χ1v) is 11.6. The third-order valence-electron chi connectivity index (χ3n) is 6.15. The smallest absolute Gasteiger partial charge is 0.250 e. The number of rotatable bonds is 7. The molecule has 10 heteroatoms. The molecule has 1 aliphatic rings. The van der Waals surface area contributed by atoms with Crippen LogP contribution in [-0.2, 0) is 11.3 Å². The molecule has 0 radical (unpaired) electrons. The third-order valence-corrected chi connectivity index (χ3v) is 6.15. The van der Waals surface area contributed by atoms with Gasteiger partial charge in [-0.15, -0.1) is 12.4 Å². The topological polar surface area (TPSA) is 83.1 Å². The predicted molar refractivity (Wildman–Crippen MR) is 141 cm³/mol. The average Bonchev–Trinajstić information content (AvgIpc) is 3.31. The van der Waals surface area contributed by atoms with Gasteiger partial charge in [-0.2, -0.15) is 0 Å². The summed E-state index contributed by atoms with van der Waals surface area (Å²) >= 11 is 0. The number of piperidine rings is 1. The lowest BCUT2D eigenvalue weighted by atomic mass is 10.0. The number of aromatic nitrogens is 3. The lowest BCUT2D eigenvalue weighted by Crippen LogP contribution is -2.38. The van der Waals surface area contributed by atoms with Crippen molar-refractivity contribution in [1.82, 2.24) is 19.9 Å². The summed E-state index contributed by atoms with van der Waals surface area (Å²) in [7, 11) is 0. The maximum atomic E-state index is 13.4. The van der Waals surface area contributed by atoms with Gasteiger partial charge in [0, 0.05) is 49.9 Å². The molecule has 1 saturated heterocycles. The molecule has 0 atom stereocenters. The van der Waals surface area contributed by atoms with Gasteiger partial charge in [0.1, 0.15) is 17.7 Å². The molecule has 37 heavy (non-hydrogen) atoms. The zero-order valence-electron chi connectivity index (χ0n) is 19.9. The zero-order chi connectivity index (χ0) is 25.1. The summed E-state index contributed by atoms with van der Waals surface area (Å²) in [6.07, 6.45) is 2.45. The number of carbonyl (C=O) groups is 1. The van der Waals surface area contributed by atoms with Crippen LogP contribution >= 0.6 is 12.4 Å². The number of ether oxygens (including phenoxy) is 1. The quantitative estimate of drug-likeness (QED) is 0.281. The highest BCUT2D eigenvalue weighted by Gasteiger charge is 2.33. The number of carbonyl (C=O) groups excluding carboxylic acids is 1. The van der Waals surface area contributed by atoms with E-state index in [0.717, 1.165) is 16.8 Å². The van der Waals surface area contributed by atoms with Crippen LogP contribution in [0.5, 0.6) is 11.6 Å². The molecule has 2 aromatic carbocycles. The van der Waals surface area contributed by atoms with Gasteiger partial charge in [-0.05, 0) is 35.4 Å². The van der Waals surface area contributed by atoms with Gasteiger partial charge in [-0.25, -0.2) is 18.7 Å². The summed E-state index contributed by atoms with van der Waals surface area (Å²) < 4.78 is 32.8. The molecule has 1 fully saturated rings. The van der Waals surface area contributed by atoms with Gasteiger partial charge in [0.15, 0.2) is 0 Å². The van der Waals surface area contributed by atoms with Crippen LogP contribution in [0.15, 0.2) is 73.6 Å². The van der Waals surface area contributed by atoms with E-state index in [2.05, 4.69) is 31.7 Å². The number of benzene rings is 2. The number of amides is 1. The molecule has 0 saturated carbocycles. The third kappa shape index (κ3) is 6.31. The second-order valence-electron chi connectivity index (χ2n) is 8.78. The van der Waals surface area contributed by atoms with Crippen LogP contribution in [0.1, 0.15) is 18.4 Å². The highest BCUT2D eigenvalue weighted by atomic mass is 35.5. The van der Waals surface area contributed by atoms with Gasteiger partial charge in [-0.1, -0.05) is 36.9 Å². The lowest BCUT2D eigenvalue weighted by molar-refractivity contribution is -0.111. The van der Waals surface area contributed by atoms with Crippen LogP contribution < -0.4 is 10.1 Å². The summed E-state index contributed by atoms with van der Waals surface area (Å²) in [6, 6.07) is 16.9. The number of nitrogens with zero attached hydrogens (tertiary/aromatic N) is 3. The van der Waals surface area contributed by atoms with Crippen molar-refractivity contribution in [3.05, 3.63) is 79.1 Å². The number of anilines is 1. The Balaban J connectivity index is 0.00000320. The molecule has 2 aromatic heterocycles. The summed E-state index contributed by atoms with van der Waals surface area (Å²) in [4.78, 5) is 25.6. The van der Waals surface area contributed by atoms with Gasteiger partial charge >= 0.3 is 0 Å². The van der Waals surface area contributed by atoms with Crippen molar-refractivity contribution in [2.75, 3.05) is 18.4 Å². The largest absolute Gasteiger partial charge is 0.438 e. The van der Waals surface area contributed by atoms with Crippen molar-refractivity contribution in [3.8, 4) is 22.9 Å². The Bertz CT molecular complexity index is 1400. The first-order chi connectivity index (χ1) is 17.4. The number of likely N-dealkylation sites (tertiary alicyclic amines) is 1. The van der Waals surface area contributed by atoms with Crippen molar-refractivity contribution in [1.29, 1.82) is 0 Å². The molecule has 2 N–H and O–H groups in total. The Labute approximate surface area is 219 Å². The summed E-state index contributed by atoms with van der Waals surface area (Å²) in [5.41, 5.74) is 4.10. The molecule has 3 heterocycles. The van der Waals surface area contributed by atoms with E-state index in [1.165, 1.54) is 12.4 Å². The van der Waals surface area contributed by atoms with E-state index < -0.39 is 5.92 Å². The number of aromatic amines is 1. The molecule has 0 unspecified atom stereocenters. The van der Waals surface area contributed by atoms with Gasteiger partial charge in [0.2, 0.25) is 11.8 Å². The molecule has 0 aliphatic carbocycles. The standard InChI is InChI=1S/C27H25F2N5O2.ClH/c1-2-24(35)32-20-4-3-5-21(14-20)36-26-22-15-23(33-25(22)30-17-31-26)19-8-6-18(7-9-19)16-34-12-10-27(28,29)11-13-34;/h2-9,14-15,17H,1,10-13,16H2,(H,32,35)(H,30,31,33);1H. The van der Waals surface area contributed by atoms with Crippen LogP contribution in [-0.4, -0.2) is 44.8 Å². The minimum Gasteiger partial charge on any atom is -0.438 e. The highest BCUT2D eigenvalue weighted by Crippen LogP contribution is 2.32. The first kappa shape index (κ1) is 26.2. The van der Waals surface area contributed by atoms with Crippen molar-refractivity contribution >= 4 is 35.0 Å². The molecular weight excluding hydrogens is 500 g/mol. The van der Waals surface area contributed by atoms with Crippen molar-refractivity contribution in [2.24, 2.45) is 0 Å². The fraction of sp³-hybridized carbons (Fsp3) is 0.222. The van der Waals surface area contributed by atoms with E-state index >= 15 is 0 Å². The van der Waals surface area contributed by atoms with Crippen LogP contribution in [0, 0.1) is 0 Å². The molecule has 5 rings (SSSR count). The second-order valence-corrected chi connectivity index (χ2v) is 8.78. The number of fused-ring (bicyclic) bond motifs is 1. The average molecular weight is 526 g/mol. The molecular formula is C27H26ClF2N5O2. The predicted octanol–water partition coefficient (Wildman–Crippen LogP) is 6.19. The van der Waals surface area contributed by atoms with E-state index in [-0.39, 0.29) is 31.2 Å². The van der Waals surface area contributed by atoms with Crippen LogP contribution in [0.3, 0.4) is 0 Å². The van der Waals surface area contributed by atoms with Crippen LogP contribution in [0.2, 0.25) is 0 Å². The molecule has 1 aliphatic heterocycles. The number of hydrogen-bond acceptors (Lipinski definition) is 5. The Morgan fingerprint density at radius 2 is 1.89 bits per heavy atom. The Hall–Kier alpha value is -3.82. The molecule has 7 nitrogen and oxygen atoms in total. The number of hydrogen-bond donors (Lipinski definition) is 2.